The van der Waals surface area contributed by atoms with E-state index in [2.05, 4.69) is 78.4 Å². The van der Waals surface area contributed by atoms with Gasteiger partial charge in [0.05, 0.1) is 22.7 Å². The highest BCUT2D eigenvalue weighted by Crippen LogP contribution is 2.38. The number of nitrogens with one attached hydrogen (secondary N) is 1. The van der Waals surface area contributed by atoms with Crippen LogP contribution in [0.15, 0.2) is 29.5 Å². The van der Waals surface area contributed by atoms with E-state index < -0.39 is 0 Å². The molecule has 5 rings (SSSR count). The molecule has 7 nitrogen and oxygen atoms in total. The zero-order valence-electron chi connectivity index (χ0n) is 20.2. The van der Waals surface area contributed by atoms with E-state index >= 15 is 0 Å². The molecule has 0 unspecified atom stereocenters. The van der Waals surface area contributed by atoms with Crippen molar-refractivity contribution in [3.8, 4) is 0 Å². The molecule has 33 heavy (non-hydrogen) atoms. The highest BCUT2D eigenvalue weighted by atomic mass is 32.1. The fourth-order valence-electron chi connectivity index (χ4n) is 5.69. The second-order valence-corrected chi connectivity index (χ2v) is 11.6. The number of nitrogens with two attached hydrogens (primary N) is 1. The summed E-state index contributed by atoms with van der Waals surface area (Å²) in [6.07, 6.45) is 7.16. The van der Waals surface area contributed by atoms with Gasteiger partial charge in [0.25, 0.3) is 0 Å². The van der Waals surface area contributed by atoms with Crippen LogP contribution in [0.4, 0.5) is 10.9 Å². The molecule has 8 heteroatoms. The number of rotatable bonds is 4. The highest BCUT2D eigenvalue weighted by Gasteiger charge is 2.39. The van der Waals surface area contributed by atoms with E-state index in [1.807, 2.05) is 6.07 Å². The molecule has 0 amide bonds. The number of aromatic nitrogens is 3. The summed E-state index contributed by atoms with van der Waals surface area (Å²) < 4.78 is 6.94. The van der Waals surface area contributed by atoms with Gasteiger partial charge in [-0.05, 0) is 70.7 Å². The van der Waals surface area contributed by atoms with Gasteiger partial charge in [0.1, 0.15) is 5.76 Å². The first-order valence-corrected chi connectivity index (χ1v) is 12.2. The van der Waals surface area contributed by atoms with Crippen LogP contribution < -0.4 is 25.8 Å². The number of anilines is 2. The largest absolute Gasteiger partial charge is 0.495 e. The van der Waals surface area contributed by atoms with Crippen LogP contribution in [0.5, 0.6) is 0 Å². The first-order chi connectivity index (χ1) is 15.6. The lowest BCUT2D eigenvalue weighted by atomic mass is 9.79. The van der Waals surface area contributed by atoms with Crippen molar-refractivity contribution in [1.82, 2.24) is 20.5 Å². The van der Waals surface area contributed by atoms with Crippen LogP contribution >= 0.6 is 11.3 Å². The molecular weight excluding hydrogens is 432 g/mol. The Hall–Kier alpha value is -2.71. The van der Waals surface area contributed by atoms with Crippen molar-refractivity contribution in [3.05, 3.63) is 45.1 Å². The summed E-state index contributed by atoms with van der Waals surface area (Å²) in [7, 11) is 3.83. The molecule has 0 bridgehead atoms. The van der Waals surface area contributed by atoms with Crippen molar-refractivity contribution in [2.24, 2.45) is 0 Å². The Morgan fingerprint density at radius 3 is 2.52 bits per heavy atom. The van der Waals surface area contributed by atoms with Crippen molar-refractivity contribution in [2.45, 2.75) is 64.1 Å². The standard InChI is InChI=1S/C25H32N6OS/c1-24(2)12-14(13-25(3,4)30-24)31(5)20-10-9-18(28-29-20)16-8-7-15-17(22(16)32-6)11-19-21(15)27-23(26)33-19/h8-11,14,30H,7,12-13H2,1-6H3,(H2,26,27). The molecule has 2 aromatic rings. The van der Waals surface area contributed by atoms with Crippen LogP contribution in [-0.2, 0) is 4.74 Å². The number of ether oxygens (including phenoxy) is 1. The van der Waals surface area contributed by atoms with Crippen LogP contribution in [0, 0.1) is 0 Å². The van der Waals surface area contributed by atoms with Gasteiger partial charge in [-0.1, -0.05) is 17.4 Å². The Bertz CT molecular complexity index is 1270. The lowest BCUT2D eigenvalue weighted by molar-refractivity contribution is 0.160. The predicted molar refractivity (Wildman–Crippen MR) is 135 cm³/mol. The molecular formula is C25H32N6OS. The predicted octanol–water partition coefficient (Wildman–Crippen LogP) is 2.59. The Morgan fingerprint density at radius 2 is 1.88 bits per heavy atom. The summed E-state index contributed by atoms with van der Waals surface area (Å²) >= 11 is 1.51. The van der Waals surface area contributed by atoms with E-state index in [1.165, 1.54) is 16.9 Å². The maximum absolute atomic E-state index is 5.90. The number of piperidine rings is 1. The van der Waals surface area contributed by atoms with Crippen LogP contribution in [0.1, 0.15) is 52.7 Å². The summed E-state index contributed by atoms with van der Waals surface area (Å²) in [5, 5.41) is 14.6. The van der Waals surface area contributed by atoms with Gasteiger partial charge in [0, 0.05) is 35.3 Å². The fraction of sp³-hybridized carbons (Fsp3) is 0.480. The Kier molecular flexibility index (Phi) is 5.14. The molecule has 3 aliphatic rings. The average molecular weight is 465 g/mol. The minimum absolute atomic E-state index is 0.0772. The summed E-state index contributed by atoms with van der Waals surface area (Å²) in [5.41, 5.74) is 10.1. The van der Waals surface area contributed by atoms with E-state index in [0.717, 1.165) is 57.6 Å². The molecule has 1 fully saturated rings. The van der Waals surface area contributed by atoms with Crippen LogP contribution in [-0.4, -0.2) is 46.5 Å². The van der Waals surface area contributed by atoms with E-state index in [9.17, 15) is 0 Å². The van der Waals surface area contributed by atoms with Crippen molar-refractivity contribution < 1.29 is 4.74 Å². The molecule has 174 valence electrons. The van der Waals surface area contributed by atoms with Crippen molar-refractivity contribution in [3.63, 3.8) is 0 Å². The van der Waals surface area contributed by atoms with E-state index in [4.69, 9.17) is 10.5 Å². The molecule has 0 spiro atoms. The lowest BCUT2D eigenvalue weighted by Crippen LogP contribution is -2.62. The number of allylic oxidation sites excluding steroid dienone is 3. The minimum atomic E-state index is 0.0772. The third-order valence-corrected chi connectivity index (χ3v) is 7.60. The summed E-state index contributed by atoms with van der Waals surface area (Å²) in [6.45, 7) is 9.08. The smallest absolute Gasteiger partial charge is 0.181 e. The Morgan fingerprint density at radius 1 is 1.15 bits per heavy atom. The number of nitrogens with zero attached hydrogens (tertiary/aromatic N) is 4. The summed E-state index contributed by atoms with van der Waals surface area (Å²) in [6, 6.07) is 4.51. The van der Waals surface area contributed by atoms with Gasteiger partial charge in [-0.15, -0.1) is 10.2 Å². The highest BCUT2D eigenvalue weighted by molar-refractivity contribution is 7.13. The number of methoxy groups -OCH3 is 1. The lowest BCUT2D eigenvalue weighted by Gasteiger charge is -2.49. The van der Waals surface area contributed by atoms with Gasteiger partial charge in [-0.3, -0.25) is 0 Å². The van der Waals surface area contributed by atoms with E-state index in [1.54, 1.807) is 7.11 Å². The minimum Gasteiger partial charge on any atom is -0.495 e. The maximum atomic E-state index is 5.90. The van der Waals surface area contributed by atoms with Gasteiger partial charge in [-0.2, -0.15) is 0 Å². The number of thiazole rings is 1. The second-order valence-electron chi connectivity index (χ2n) is 10.5. The van der Waals surface area contributed by atoms with Crippen LogP contribution in [0.25, 0.3) is 17.2 Å². The quantitative estimate of drug-likeness (QED) is 0.719. The van der Waals surface area contributed by atoms with E-state index in [0.29, 0.717) is 11.2 Å². The van der Waals surface area contributed by atoms with Crippen LogP contribution in [0.2, 0.25) is 0 Å². The second kappa shape index (κ2) is 7.67. The molecule has 0 radical (unpaired) electrons. The zero-order valence-corrected chi connectivity index (χ0v) is 21.0. The molecule has 2 aliphatic carbocycles. The molecule has 0 aromatic carbocycles. The molecule has 3 N–H and O–H groups in total. The Balaban J connectivity index is 1.42. The van der Waals surface area contributed by atoms with Crippen molar-refractivity contribution in [1.29, 1.82) is 0 Å². The van der Waals surface area contributed by atoms with Crippen molar-refractivity contribution in [2.75, 3.05) is 24.8 Å². The zero-order chi connectivity index (χ0) is 23.5. The summed E-state index contributed by atoms with van der Waals surface area (Å²) in [5.74, 6) is 1.71. The average Bonchev–Trinajstić information content (AvgIpc) is 3.26. The normalized spacial score (nSPS) is 21.3. The van der Waals surface area contributed by atoms with Gasteiger partial charge in [0.15, 0.2) is 10.9 Å². The van der Waals surface area contributed by atoms with Gasteiger partial charge >= 0.3 is 0 Å². The number of hydrogen-bond acceptors (Lipinski definition) is 8. The molecule has 0 atom stereocenters. The number of fused-ring (bicyclic) bond motifs is 2. The fourth-order valence-corrected chi connectivity index (χ4v) is 6.49. The van der Waals surface area contributed by atoms with Crippen LogP contribution in [0.3, 0.4) is 0 Å². The number of nitrogen functional groups attached to an aromatic ring is 1. The summed E-state index contributed by atoms with van der Waals surface area (Å²) in [4.78, 5) is 6.78. The molecule has 3 heterocycles. The van der Waals surface area contributed by atoms with Crippen molar-refractivity contribution >= 4 is 39.5 Å². The topological polar surface area (TPSA) is 89.2 Å². The number of hydrogen-bond donors (Lipinski definition) is 2. The SMILES string of the molecule is COC1=C2C=c3sc(N)nc3=C2CC=C1c1ccc(N(C)C2CC(C)(C)NC(C)(C)C2)nn1. The Labute approximate surface area is 198 Å². The maximum Gasteiger partial charge on any atom is 0.181 e. The van der Waals surface area contributed by atoms with Gasteiger partial charge in [-0.25, -0.2) is 4.98 Å². The molecule has 0 saturated carbocycles. The monoisotopic (exact) mass is 464 g/mol. The van der Waals surface area contributed by atoms with Gasteiger partial charge < -0.3 is 20.7 Å². The van der Waals surface area contributed by atoms with E-state index in [-0.39, 0.29) is 11.1 Å². The first-order valence-electron chi connectivity index (χ1n) is 11.4. The first kappa shape index (κ1) is 22.1. The third-order valence-electron chi connectivity index (χ3n) is 6.76. The molecule has 1 aliphatic heterocycles. The third kappa shape index (κ3) is 3.95. The van der Waals surface area contributed by atoms with Gasteiger partial charge in [0.2, 0.25) is 0 Å². The molecule has 1 saturated heterocycles. The molecule has 2 aromatic heterocycles.